The molecular weight excluding hydrogens is 286 g/mol. The quantitative estimate of drug-likeness (QED) is 0.762. The minimum Gasteiger partial charge on any atom is -0.480 e. The molecule has 1 heterocycles. The minimum absolute atomic E-state index is 0.153. The molecule has 6 nitrogen and oxygen atoms in total. The zero-order valence-electron chi connectivity index (χ0n) is 12.6. The Morgan fingerprint density at radius 3 is 2.82 bits per heavy atom. The number of aryl methyl sites for hydroxylation is 2. The van der Waals surface area contributed by atoms with Crippen LogP contribution >= 0.6 is 0 Å². The second kappa shape index (κ2) is 7.09. The highest BCUT2D eigenvalue weighted by molar-refractivity contribution is 5.89. The number of benzene rings is 1. The largest absolute Gasteiger partial charge is 0.480 e. The fraction of sp³-hybridized carbons (Fsp3) is 0.375. The van der Waals surface area contributed by atoms with Gasteiger partial charge in [0.05, 0.1) is 19.3 Å². The summed E-state index contributed by atoms with van der Waals surface area (Å²) in [5, 5.41) is 12.0. The molecule has 1 aromatic heterocycles. The van der Waals surface area contributed by atoms with Crippen LogP contribution in [0.3, 0.4) is 0 Å². The van der Waals surface area contributed by atoms with Crippen molar-refractivity contribution >= 4 is 22.8 Å². The van der Waals surface area contributed by atoms with E-state index < -0.39 is 5.97 Å². The molecule has 2 N–H and O–H groups in total. The monoisotopic (exact) mass is 305 g/mol. The minimum atomic E-state index is -1.03. The molecule has 0 atom stereocenters. The van der Waals surface area contributed by atoms with E-state index in [1.807, 2.05) is 26.0 Å². The smallest absolute Gasteiger partial charge is 0.329 e. The van der Waals surface area contributed by atoms with Crippen molar-refractivity contribution in [3.63, 3.8) is 0 Å². The molecule has 0 spiro atoms. The van der Waals surface area contributed by atoms with E-state index in [1.165, 1.54) is 0 Å². The molecule has 118 valence electrons. The summed E-state index contributed by atoms with van der Waals surface area (Å²) in [5.41, 5.74) is 3.87. The number of nitrogens with one attached hydrogen (secondary N) is 1. The van der Waals surface area contributed by atoms with Crippen molar-refractivity contribution in [3.8, 4) is 0 Å². The van der Waals surface area contributed by atoms with Crippen molar-refractivity contribution in [1.29, 1.82) is 0 Å². The van der Waals surface area contributed by atoms with E-state index in [2.05, 4.69) is 5.32 Å². The molecule has 2 aromatic rings. The van der Waals surface area contributed by atoms with Crippen molar-refractivity contribution in [2.24, 2.45) is 0 Å². The Hall–Kier alpha value is -2.34. The van der Waals surface area contributed by atoms with Crippen LogP contribution in [0, 0.1) is 13.8 Å². The van der Waals surface area contributed by atoms with E-state index in [9.17, 15) is 9.59 Å². The molecule has 6 heteroatoms. The van der Waals surface area contributed by atoms with Crippen LogP contribution in [0.15, 0.2) is 22.8 Å². The third kappa shape index (κ3) is 3.85. The molecule has 0 saturated carbocycles. The van der Waals surface area contributed by atoms with E-state index in [4.69, 9.17) is 14.3 Å². The lowest BCUT2D eigenvalue weighted by atomic mass is 10.0. The van der Waals surface area contributed by atoms with Crippen LogP contribution in [0.1, 0.15) is 16.7 Å². The number of fused-ring (bicyclic) bond motifs is 1. The van der Waals surface area contributed by atoms with E-state index >= 15 is 0 Å². The molecule has 0 unspecified atom stereocenters. The first-order valence-corrected chi connectivity index (χ1v) is 7.01. The Balaban J connectivity index is 1.90. The zero-order chi connectivity index (χ0) is 16.1. The van der Waals surface area contributed by atoms with Gasteiger partial charge in [0.2, 0.25) is 5.91 Å². The lowest BCUT2D eigenvalue weighted by molar-refractivity contribution is -0.142. The number of carbonyl (C=O) groups is 2. The van der Waals surface area contributed by atoms with Crippen LogP contribution in [0.2, 0.25) is 0 Å². The molecule has 0 bridgehead atoms. The number of carboxylic acids is 1. The van der Waals surface area contributed by atoms with Crippen molar-refractivity contribution in [2.75, 3.05) is 19.8 Å². The summed E-state index contributed by atoms with van der Waals surface area (Å²) in [7, 11) is 0. The number of hydrogen-bond donors (Lipinski definition) is 2. The van der Waals surface area contributed by atoms with Crippen molar-refractivity contribution < 1.29 is 23.8 Å². The summed E-state index contributed by atoms with van der Waals surface area (Å²) < 4.78 is 10.4. The normalized spacial score (nSPS) is 10.8. The van der Waals surface area contributed by atoms with Gasteiger partial charge in [-0.1, -0.05) is 12.1 Å². The van der Waals surface area contributed by atoms with Crippen LogP contribution in [0.25, 0.3) is 11.0 Å². The molecule has 0 saturated heterocycles. The first kappa shape index (κ1) is 16.0. The fourth-order valence-corrected chi connectivity index (χ4v) is 2.18. The predicted octanol–water partition coefficient (Wildman–Crippen LogP) is 1.81. The molecule has 0 aliphatic carbocycles. The van der Waals surface area contributed by atoms with Crippen LogP contribution < -0.4 is 5.32 Å². The predicted molar refractivity (Wildman–Crippen MR) is 80.9 cm³/mol. The summed E-state index contributed by atoms with van der Waals surface area (Å²) >= 11 is 0. The number of hydrogen-bond acceptors (Lipinski definition) is 4. The summed E-state index contributed by atoms with van der Waals surface area (Å²) in [4.78, 5) is 22.1. The fourth-order valence-electron chi connectivity index (χ4n) is 2.18. The SMILES string of the molecule is Cc1ccc2c(CC(=O)NCCOCC(=O)O)coc2c1C. The highest BCUT2D eigenvalue weighted by atomic mass is 16.5. The van der Waals surface area contributed by atoms with Gasteiger partial charge in [0, 0.05) is 17.5 Å². The summed E-state index contributed by atoms with van der Waals surface area (Å²) in [6.07, 6.45) is 1.83. The van der Waals surface area contributed by atoms with E-state index in [0.29, 0.717) is 0 Å². The van der Waals surface area contributed by atoms with Gasteiger partial charge in [-0.3, -0.25) is 4.79 Å². The van der Waals surface area contributed by atoms with Crippen LogP contribution in [0.4, 0.5) is 0 Å². The number of rotatable bonds is 7. The lowest BCUT2D eigenvalue weighted by Crippen LogP contribution is -2.29. The molecule has 22 heavy (non-hydrogen) atoms. The number of carboxylic acid groups (broad SMARTS) is 1. The zero-order valence-corrected chi connectivity index (χ0v) is 12.6. The van der Waals surface area contributed by atoms with Gasteiger partial charge in [0.25, 0.3) is 0 Å². The van der Waals surface area contributed by atoms with Gasteiger partial charge in [-0.15, -0.1) is 0 Å². The third-order valence-corrected chi connectivity index (χ3v) is 3.49. The Morgan fingerprint density at radius 1 is 1.32 bits per heavy atom. The van der Waals surface area contributed by atoms with Gasteiger partial charge >= 0.3 is 5.97 Å². The van der Waals surface area contributed by atoms with Gasteiger partial charge < -0.3 is 19.6 Å². The van der Waals surface area contributed by atoms with Gasteiger partial charge in [-0.2, -0.15) is 0 Å². The first-order chi connectivity index (χ1) is 10.5. The van der Waals surface area contributed by atoms with E-state index in [1.54, 1.807) is 6.26 Å². The average Bonchev–Trinajstić information content (AvgIpc) is 2.86. The van der Waals surface area contributed by atoms with Crippen LogP contribution in [-0.2, 0) is 20.7 Å². The second-order valence-corrected chi connectivity index (χ2v) is 5.12. The maximum atomic E-state index is 11.9. The maximum absolute atomic E-state index is 11.9. The van der Waals surface area contributed by atoms with Crippen molar-refractivity contribution in [2.45, 2.75) is 20.3 Å². The number of ether oxygens (including phenoxy) is 1. The average molecular weight is 305 g/mol. The van der Waals surface area contributed by atoms with Gasteiger partial charge in [-0.05, 0) is 25.0 Å². The Bertz CT molecular complexity index is 689. The summed E-state index contributed by atoms with van der Waals surface area (Å²) in [6.45, 7) is 4.09. The molecule has 1 aromatic carbocycles. The number of furan rings is 1. The molecule has 1 amide bonds. The second-order valence-electron chi connectivity index (χ2n) is 5.12. The standard InChI is InChI=1S/C16H19NO5/c1-10-3-4-13-12(8-22-16(13)11(10)2)7-14(18)17-5-6-21-9-15(19)20/h3-4,8H,5-7,9H2,1-2H3,(H,17,18)(H,19,20). The maximum Gasteiger partial charge on any atom is 0.329 e. The van der Waals surface area contributed by atoms with Crippen LogP contribution in [-0.4, -0.2) is 36.7 Å². The van der Waals surface area contributed by atoms with Crippen molar-refractivity contribution in [3.05, 3.63) is 35.1 Å². The number of amides is 1. The lowest BCUT2D eigenvalue weighted by Gasteiger charge is -2.05. The number of aliphatic carboxylic acids is 1. The summed E-state index contributed by atoms with van der Waals surface area (Å²) in [5.74, 6) is -1.18. The molecule has 2 rings (SSSR count). The highest BCUT2D eigenvalue weighted by Gasteiger charge is 2.12. The summed E-state index contributed by atoms with van der Waals surface area (Å²) in [6, 6.07) is 3.97. The van der Waals surface area contributed by atoms with Gasteiger partial charge in [-0.25, -0.2) is 4.79 Å². The van der Waals surface area contributed by atoms with Gasteiger partial charge in [0.15, 0.2) is 0 Å². The van der Waals surface area contributed by atoms with E-state index in [-0.39, 0.29) is 32.1 Å². The number of carbonyl (C=O) groups excluding carboxylic acids is 1. The topological polar surface area (TPSA) is 88.8 Å². The molecular formula is C16H19NO5. The first-order valence-electron chi connectivity index (χ1n) is 7.01. The molecule has 0 fully saturated rings. The Kier molecular flexibility index (Phi) is 5.16. The third-order valence-electron chi connectivity index (χ3n) is 3.49. The van der Waals surface area contributed by atoms with Crippen molar-refractivity contribution in [1.82, 2.24) is 5.32 Å². The van der Waals surface area contributed by atoms with Gasteiger partial charge in [0.1, 0.15) is 12.2 Å². The Morgan fingerprint density at radius 2 is 2.09 bits per heavy atom. The molecule has 0 aliphatic heterocycles. The van der Waals surface area contributed by atoms with Crippen LogP contribution in [0.5, 0.6) is 0 Å². The molecule has 0 radical (unpaired) electrons. The van der Waals surface area contributed by atoms with E-state index in [0.717, 1.165) is 27.7 Å². The highest BCUT2D eigenvalue weighted by Crippen LogP contribution is 2.26. The Labute approximate surface area is 128 Å². The molecule has 0 aliphatic rings.